The van der Waals surface area contributed by atoms with E-state index in [9.17, 15) is 0 Å². The van der Waals surface area contributed by atoms with Crippen molar-refractivity contribution >= 4 is 17.1 Å². The Morgan fingerprint density at radius 2 is 1.90 bits per heavy atom. The smallest absolute Gasteiger partial charge is 0.219 e. The summed E-state index contributed by atoms with van der Waals surface area (Å²) in [5.74, 6) is 0. The monoisotopic (exact) mass is 282 g/mol. The number of benzene rings is 1. The van der Waals surface area contributed by atoms with Crippen molar-refractivity contribution in [3.8, 4) is 0 Å². The third-order valence-electron chi connectivity index (χ3n) is 5.02. The predicted molar refractivity (Wildman–Crippen MR) is 87.4 cm³/mol. The van der Waals surface area contributed by atoms with E-state index in [0.717, 1.165) is 12.4 Å². The lowest BCUT2D eigenvalue weighted by Gasteiger charge is -2.38. The number of anilines is 1. The third-order valence-corrected chi connectivity index (χ3v) is 5.02. The summed E-state index contributed by atoms with van der Waals surface area (Å²) in [5.41, 5.74) is 4.85. The molecule has 21 heavy (non-hydrogen) atoms. The van der Waals surface area contributed by atoms with Crippen LogP contribution in [0.1, 0.15) is 51.5 Å². The molecular weight excluding hydrogens is 258 g/mol. The van der Waals surface area contributed by atoms with Gasteiger partial charge in [0.25, 0.3) is 0 Å². The predicted octanol–water partition coefficient (Wildman–Crippen LogP) is 4.30. The van der Waals surface area contributed by atoms with E-state index in [-0.39, 0.29) is 5.54 Å². The molecule has 0 bridgehead atoms. The fraction of sp³-hybridized carbons (Fsp3) is 0.556. The SMILES string of the molecule is [C-]#[N+]c1ccc2c(c1)C(C)(C)[N+](=C1CCCCC1)CN2C. The largest absolute Gasteiger partial charge is 0.320 e. The summed E-state index contributed by atoms with van der Waals surface area (Å²) in [6, 6.07) is 6.11. The summed E-state index contributed by atoms with van der Waals surface area (Å²) >= 11 is 0. The van der Waals surface area contributed by atoms with Gasteiger partial charge in [0.15, 0.2) is 16.9 Å². The van der Waals surface area contributed by atoms with E-state index in [4.69, 9.17) is 6.57 Å². The van der Waals surface area contributed by atoms with Gasteiger partial charge in [-0.2, -0.15) is 0 Å². The molecule has 2 aliphatic rings. The molecule has 0 amide bonds. The van der Waals surface area contributed by atoms with Crippen LogP contribution in [0.25, 0.3) is 4.85 Å². The highest BCUT2D eigenvalue weighted by Gasteiger charge is 2.42. The molecule has 0 atom stereocenters. The van der Waals surface area contributed by atoms with Crippen molar-refractivity contribution in [2.45, 2.75) is 51.5 Å². The zero-order chi connectivity index (χ0) is 15.0. The average Bonchev–Trinajstić information content (AvgIpc) is 2.51. The molecule has 0 radical (unpaired) electrons. The molecule has 110 valence electrons. The van der Waals surface area contributed by atoms with E-state index >= 15 is 0 Å². The van der Waals surface area contributed by atoms with Gasteiger partial charge in [0.1, 0.15) is 0 Å². The van der Waals surface area contributed by atoms with Crippen molar-refractivity contribution in [3.05, 3.63) is 35.2 Å². The summed E-state index contributed by atoms with van der Waals surface area (Å²) in [5, 5.41) is 0. The minimum atomic E-state index is -0.0325. The molecule has 1 aromatic carbocycles. The lowest BCUT2D eigenvalue weighted by molar-refractivity contribution is -0.614. The maximum absolute atomic E-state index is 7.28. The lowest BCUT2D eigenvalue weighted by Crippen LogP contribution is -2.49. The molecule has 3 rings (SSSR count). The van der Waals surface area contributed by atoms with Crippen LogP contribution in [0.2, 0.25) is 0 Å². The van der Waals surface area contributed by atoms with Crippen LogP contribution in [0.5, 0.6) is 0 Å². The van der Waals surface area contributed by atoms with Gasteiger partial charge in [-0.05, 0) is 25.0 Å². The molecule has 0 N–H and O–H groups in total. The summed E-state index contributed by atoms with van der Waals surface area (Å²) in [7, 11) is 2.15. The molecule has 1 fully saturated rings. The van der Waals surface area contributed by atoms with E-state index in [1.54, 1.807) is 5.71 Å². The van der Waals surface area contributed by atoms with Crippen molar-refractivity contribution in [2.75, 3.05) is 18.6 Å². The Balaban J connectivity index is 2.14. The first-order chi connectivity index (χ1) is 10.0. The Labute approximate surface area is 127 Å². The second-order valence-corrected chi connectivity index (χ2v) is 6.77. The topological polar surface area (TPSA) is 10.6 Å². The van der Waals surface area contributed by atoms with Crippen molar-refractivity contribution in [1.82, 2.24) is 0 Å². The van der Waals surface area contributed by atoms with Crippen LogP contribution in [0.15, 0.2) is 18.2 Å². The van der Waals surface area contributed by atoms with E-state index < -0.39 is 0 Å². The van der Waals surface area contributed by atoms with Gasteiger partial charge in [-0.3, -0.25) is 0 Å². The van der Waals surface area contributed by atoms with Crippen LogP contribution in [0, 0.1) is 6.57 Å². The average molecular weight is 282 g/mol. The molecule has 0 aromatic heterocycles. The number of rotatable bonds is 0. The quantitative estimate of drug-likeness (QED) is 0.510. The van der Waals surface area contributed by atoms with Crippen molar-refractivity contribution < 1.29 is 4.58 Å². The molecule has 1 aromatic rings. The molecular formula is C18H24N3+. The highest BCUT2D eigenvalue weighted by atomic mass is 15.3. The van der Waals surface area contributed by atoms with Crippen molar-refractivity contribution in [1.29, 1.82) is 0 Å². The summed E-state index contributed by atoms with van der Waals surface area (Å²) < 4.78 is 2.57. The number of hydrogen-bond acceptors (Lipinski definition) is 1. The Morgan fingerprint density at radius 1 is 1.19 bits per heavy atom. The zero-order valence-corrected chi connectivity index (χ0v) is 13.3. The second-order valence-electron chi connectivity index (χ2n) is 6.77. The Kier molecular flexibility index (Phi) is 3.49. The molecule has 0 unspecified atom stereocenters. The van der Waals surface area contributed by atoms with Crippen LogP contribution in [-0.4, -0.2) is 24.0 Å². The first kappa shape index (κ1) is 14.1. The summed E-state index contributed by atoms with van der Waals surface area (Å²) in [4.78, 5) is 5.93. The van der Waals surface area contributed by atoms with Crippen molar-refractivity contribution in [2.24, 2.45) is 0 Å². The van der Waals surface area contributed by atoms with Gasteiger partial charge in [-0.25, -0.2) is 9.42 Å². The van der Waals surface area contributed by atoms with E-state index in [1.165, 1.54) is 43.4 Å². The van der Waals surface area contributed by atoms with Crippen LogP contribution in [-0.2, 0) is 5.54 Å². The van der Waals surface area contributed by atoms with Crippen LogP contribution in [0.4, 0.5) is 11.4 Å². The van der Waals surface area contributed by atoms with Crippen LogP contribution < -0.4 is 4.90 Å². The minimum absolute atomic E-state index is 0.0325. The minimum Gasteiger partial charge on any atom is -0.320 e. The fourth-order valence-corrected chi connectivity index (χ4v) is 3.75. The Morgan fingerprint density at radius 3 is 2.57 bits per heavy atom. The number of nitrogens with zero attached hydrogens (tertiary/aromatic N) is 3. The normalized spacial score (nSPS) is 21.0. The standard InChI is InChI=1S/C18H24N3/c1-18(2)16-12-14(19-3)10-11-17(16)20(4)13-21(18)15-8-6-5-7-9-15/h10-12H,5-9,13H2,1-2,4H3/q+1. The Bertz CT molecular complexity index is 626. The summed E-state index contributed by atoms with van der Waals surface area (Å²) in [6.45, 7) is 12.8. The fourth-order valence-electron chi connectivity index (χ4n) is 3.75. The highest BCUT2D eigenvalue weighted by Crippen LogP contribution is 2.40. The summed E-state index contributed by atoms with van der Waals surface area (Å²) in [6.07, 6.45) is 6.47. The molecule has 0 saturated heterocycles. The molecule has 3 heteroatoms. The maximum Gasteiger partial charge on any atom is 0.219 e. The molecule has 3 nitrogen and oxygen atoms in total. The first-order valence-corrected chi connectivity index (χ1v) is 7.89. The van der Waals surface area contributed by atoms with Gasteiger partial charge in [-0.1, -0.05) is 12.5 Å². The van der Waals surface area contributed by atoms with Gasteiger partial charge in [0.05, 0.1) is 6.57 Å². The van der Waals surface area contributed by atoms with Gasteiger partial charge >= 0.3 is 0 Å². The lowest BCUT2D eigenvalue weighted by atomic mass is 9.87. The highest BCUT2D eigenvalue weighted by molar-refractivity contribution is 5.81. The van der Waals surface area contributed by atoms with E-state index in [1.807, 2.05) is 6.07 Å². The molecule has 1 aliphatic heterocycles. The van der Waals surface area contributed by atoms with Crippen LogP contribution in [0.3, 0.4) is 0 Å². The van der Waals surface area contributed by atoms with Crippen LogP contribution >= 0.6 is 0 Å². The van der Waals surface area contributed by atoms with Gasteiger partial charge < -0.3 is 4.90 Å². The Hall–Kier alpha value is -1.82. The van der Waals surface area contributed by atoms with Gasteiger partial charge in [0.2, 0.25) is 6.67 Å². The molecule has 1 saturated carbocycles. The maximum atomic E-state index is 7.28. The number of hydrogen-bond donors (Lipinski definition) is 0. The van der Waals surface area contributed by atoms with E-state index in [2.05, 4.69) is 47.3 Å². The first-order valence-electron chi connectivity index (χ1n) is 7.89. The second kappa shape index (κ2) is 5.18. The van der Waals surface area contributed by atoms with Gasteiger partial charge in [0, 0.05) is 45.0 Å². The molecule has 1 aliphatic carbocycles. The number of fused-ring (bicyclic) bond motifs is 1. The van der Waals surface area contributed by atoms with Crippen molar-refractivity contribution in [3.63, 3.8) is 0 Å². The molecule has 1 heterocycles. The zero-order valence-electron chi connectivity index (χ0n) is 13.3. The molecule has 0 spiro atoms. The van der Waals surface area contributed by atoms with E-state index in [0.29, 0.717) is 0 Å². The van der Waals surface area contributed by atoms with Gasteiger partial charge in [-0.15, -0.1) is 0 Å². The third kappa shape index (κ3) is 2.33.